The third-order valence-corrected chi connectivity index (χ3v) is 3.68. The average Bonchev–Trinajstić information content (AvgIpc) is 2.15. The van der Waals surface area contributed by atoms with E-state index in [1.165, 1.54) is 6.32 Å². The Morgan fingerprint density at radius 1 is 1.25 bits per heavy atom. The van der Waals surface area contributed by atoms with E-state index < -0.39 is 0 Å². The Kier molecular flexibility index (Phi) is 6.39. The van der Waals surface area contributed by atoms with Crippen molar-refractivity contribution in [3.8, 4) is 0 Å². The van der Waals surface area contributed by atoms with Crippen LogP contribution >= 0.6 is 0 Å². The van der Waals surface area contributed by atoms with Gasteiger partial charge in [0.05, 0.1) is 5.60 Å². The van der Waals surface area contributed by atoms with Crippen LogP contribution in [0.25, 0.3) is 0 Å². The normalized spacial score (nSPS) is 14.8. The average molecular weight is 224 g/mol. The Balaban J connectivity index is 4.02. The first-order valence-electron chi connectivity index (χ1n) is 6.51. The predicted molar refractivity (Wildman–Crippen MR) is 75.8 cm³/mol. The zero-order valence-corrected chi connectivity index (χ0v) is 12.1. The second kappa shape index (κ2) is 6.49. The minimum absolute atomic E-state index is 0.0300. The molecule has 0 aliphatic rings. The quantitative estimate of drug-likeness (QED) is 0.453. The highest BCUT2D eigenvalue weighted by atomic mass is 16.5. The van der Waals surface area contributed by atoms with Crippen molar-refractivity contribution < 1.29 is 4.74 Å². The van der Waals surface area contributed by atoms with E-state index in [-0.39, 0.29) is 11.0 Å². The lowest BCUT2D eigenvalue weighted by Crippen LogP contribution is -2.28. The second-order valence-electron chi connectivity index (χ2n) is 6.12. The van der Waals surface area contributed by atoms with Gasteiger partial charge in [0.15, 0.2) is 0 Å². The van der Waals surface area contributed by atoms with Gasteiger partial charge in [-0.05, 0) is 38.0 Å². The maximum atomic E-state index is 5.97. The Hall–Kier alpha value is -0.235. The Bertz CT molecular complexity index is 209. The molecule has 0 aliphatic heterocycles. The molecule has 1 nitrogen and oxygen atoms in total. The van der Waals surface area contributed by atoms with Gasteiger partial charge in [-0.2, -0.15) is 0 Å². The van der Waals surface area contributed by atoms with E-state index in [1.807, 2.05) is 6.08 Å². The molecule has 0 saturated heterocycles. The summed E-state index contributed by atoms with van der Waals surface area (Å²) in [7, 11) is 2.20. The first-order chi connectivity index (χ1) is 7.25. The third kappa shape index (κ3) is 5.74. The van der Waals surface area contributed by atoms with Crippen molar-refractivity contribution in [1.82, 2.24) is 0 Å². The summed E-state index contributed by atoms with van der Waals surface area (Å²) in [5.74, 6) is 0.533. The molecule has 1 unspecified atom stereocenters. The number of ether oxygens (including phenoxy) is 1. The summed E-state index contributed by atoms with van der Waals surface area (Å²) < 4.78 is 5.97. The SMILES string of the molecule is BCCC(C)(C)OCCC(C)(C)C(C)C=C. The van der Waals surface area contributed by atoms with Crippen molar-refractivity contribution in [2.24, 2.45) is 11.3 Å². The van der Waals surface area contributed by atoms with Gasteiger partial charge in [-0.1, -0.05) is 33.2 Å². The summed E-state index contributed by atoms with van der Waals surface area (Å²) in [6, 6.07) is 0. The van der Waals surface area contributed by atoms with Gasteiger partial charge < -0.3 is 4.74 Å². The Labute approximate surface area is 103 Å². The molecular weight excluding hydrogens is 195 g/mol. The molecule has 1 atom stereocenters. The molecule has 0 radical (unpaired) electrons. The zero-order chi connectivity index (χ0) is 12.8. The van der Waals surface area contributed by atoms with Crippen LogP contribution in [0, 0.1) is 11.3 Å². The molecule has 94 valence electrons. The van der Waals surface area contributed by atoms with Crippen molar-refractivity contribution in [3.05, 3.63) is 12.7 Å². The number of rotatable bonds is 8. The highest BCUT2D eigenvalue weighted by molar-refractivity contribution is 6.08. The molecule has 0 heterocycles. The fourth-order valence-corrected chi connectivity index (χ4v) is 1.81. The van der Waals surface area contributed by atoms with Gasteiger partial charge in [-0.3, -0.25) is 0 Å². The molecule has 16 heavy (non-hydrogen) atoms. The number of allylic oxidation sites excluding steroid dienone is 1. The van der Waals surface area contributed by atoms with E-state index in [2.05, 4.69) is 49.0 Å². The molecule has 2 heteroatoms. The summed E-state index contributed by atoms with van der Waals surface area (Å²) in [5.41, 5.74) is 0.312. The smallest absolute Gasteiger partial charge is 0.101 e. The van der Waals surface area contributed by atoms with E-state index in [9.17, 15) is 0 Å². The van der Waals surface area contributed by atoms with Crippen LogP contribution in [0.1, 0.15) is 47.5 Å². The van der Waals surface area contributed by atoms with Crippen molar-refractivity contribution in [2.75, 3.05) is 6.61 Å². The van der Waals surface area contributed by atoms with Crippen LogP contribution in [-0.2, 0) is 4.74 Å². The topological polar surface area (TPSA) is 9.23 Å². The predicted octanol–water partition coefficient (Wildman–Crippen LogP) is 3.46. The first kappa shape index (κ1) is 15.8. The molecular formula is C14H29BO. The summed E-state index contributed by atoms with van der Waals surface area (Å²) in [4.78, 5) is 0. The molecule has 0 rings (SSSR count). The Morgan fingerprint density at radius 3 is 2.25 bits per heavy atom. The van der Waals surface area contributed by atoms with E-state index in [1.54, 1.807) is 0 Å². The van der Waals surface area contributed by atoms with E-state index >= 15 is 0 Å². The van der Waals surface area contributed by atoms with Crippen LogP contribution in [0.2, 0.25) is 6.32 Å². The summed E-state index contributed by atoms with van der Waals surface area (Å²) in [6.45, 7) is 15.9. The molecule has 0 aromatic carbocycles. The highest BCUT2D eigenvalue weighted by Gasteiger charge is 2.25. The molecule has 0 bridgehead atoms. The molecule has 0 aromatic heterocycles. The van der Waals surface area contributed by atoms with Crippen LogP contribution in [0.15, 0.2) is 12.7 Å². The van der Waals surface area contributed by atoms with Crippen LogP contribution < -0.4 is 0 Å². The van der Waals surface area contributed by atoms with Crippen molar-refractivity contribution >= 4 is 7.85 Å². The lowest BCUT2D eigenvalue weighted by atomic mass is 9.77. The van der Waals surface area contributed by atoms with Gasteiger partial charge in [0.2, 0.25) is 0 Å². The summed E-state index contributed by atoms with van der Waals surface area (Å²) in [5, 5.41) is 0. The summed E-state index contributed by atoms with van der Waals surface area (Å²) in [6.07, 6.45) is 5.44. The van der Waals surface area contributed by atoms with Gasteiger partial charge in [0.25, 0.3) is 0 Å². The van der Waals surface area contributed by atoms with Crippen LogP contribution in [-0.4, -0.2) is 20.1 Å². The minimum Gasteiger partial charge on any atom is -0.376 e. The number of hydrogen-bond donors (Lipinski definition) is 0. The zero-order valence-electron chi connectivity index (χ0n) is 12.1. The van der Waals surface area contributed by atoms with Crippen LogP contribution in [0.4, 0.5) is 0 Å². The van der Waals surface area contributed by atoms with Gasteiger partial charge in [-0.15, -0.1) is 6.58 Å². The van der Waals surface area contributed by atoms with Crippen molar-refractivity contribution in [3.63, 3.8) is 0 Å². The molecule has 0 fully saturated rings. The molecule has 0 N–H and O–H groups in total. The van der Waals surface area contributed by atoms with Crippen molar-refractivity contribution in [1.29, 1.82) is 0 Å². The fourth-order valence-electron chi connectivity index (χ4n) is 1.81. The van der Waals surface area contributed by atoms with Gasteiger partial charge in [0, 0.05) is 6.61 Å². The lowest BCUT2D eigenvalue weighted by molar-refractivity contribution is -0.0337. The number of hydrogen-bond acceptors (Lipinski definition) is 1. The second-order valence-corrected chi connectivity index (χ2v) is 6.12. The van der Waals surface area contributed by atoms with Gasteiger partial charge in [-0.25, -0.2) is 0 Å². The maximum Gasteiger partial charge on any atom is 0.101 e. The molecule has 0 spiro atoms. The lowest BCUT2D eigenvalue weighted by Gasteiger charge is -2.32. The van der Waals surface area contributed by atoms with E-state index in [4.69, 9.17) is 4.74 Å². The van der Waals surface area contributed by atoms with Gasteiger partial charge in [0.1, 0.15) is 7.85 Å². The monoisotopic (exact) mass is 224 g/mol. The molecule has 0 aromatic rings. The molecule has 0 amide bonds. The van der Waals surface area contributed by atoms with E-state index in [0.717, 1.165) is 19.4 Å². The van der Waals surface area contributed by atoms with Crippen LogP contribution in [0.5, 0.6) is 0 Å². The standard InChI is InChI=1S/C14H29BO/c1-7-12(2)13(3,4)9-11-16-14(5,6)8-10-15/h7,12H,1,8-11,15H2,2-6H3. The Morgan fingerprint density at radius 2 is 1.81 bits per heavy atom. The minimum atomic E-state index is 0.0300. The summed E-state index contributed by atoms with van der Waals surface area (Å²) >= 11 is 0. The third-order valence-electron chi connectivity index (χ3n) is 3.68. The first-order valence-corrected chi connectivity index (χ1v) is 6.51. The highest BCUT2D eigenvalue weighted by Crippen LogP contribution is 2.31. The van der Waals surface area contributed by atoms with Gasteiger partial charge >= 0.3 is 0 Å². The molecule has 0 saturated carbocycles. The maximum absolute atomic E-state index is 5.97. The largest absolute Gasteiger partial charge is 0.376 e. The molecule has 0 aliphatic carbocycles. The van der Waals surface area contributed by atoms with Crippen LogP contribution in [0.3, 0.4) is 0 Å². The van der Waals surface area contributed by atoms with E-state index in [0.29, 0.717) is 5.92 Å². The fraction of sp³-hybridized carbons (Fsp3) is 0.857. The van der Waals surface area contributed by atoms with Crippen molar-refractivity contribution in [2.45, 2.75) is 59.4 Å².